The molecule has 0 unspecified atom stereocenters. The summed E-state index contributed by atoms with van der Waals surface area (Å²) in [5, 5.41) is 2.80. The van der Waals surface area contributed by atoms with Crippen LogP contribution in [-0.2, 0) is 9.59 Å². The summed E-state index contributed by atoms with van der Waals surface area (Å²) in [5.41, 5.74) is 0. The van der Waals surface area contributed by atoms with E-state index in [4.69, 9.17) is 0 Å². The lowest BCUT2D eigenvalue weighted by molar-refractivity contribution is -0.133. The van der Waals surface area contributed by atoms with Gasteiger partial charge in [-0.2, -0.15) is 0 Å². The van der Waals surface area contributed by atoms with Crippen LogP contribution in [-0.4, -0.2) is 60.9 Å². The number of hydrogen-bond acceptors (Lipinski definition) is 3. The van der Waals surface area contributed by atoms with Gasteiger partial charge in [-0.3, -0.25) is 14.5 Å². The Labute approximate surface area is 116 Å². The monoisotopic (exact) mass is 269 g/mol. The van der Waals surface area contributed by atoms with E-state index in [9.17, 15) is 9.59 Å². The molecule has 1 fully saturated rings. The number of hydrogen-bond donors (Lipinski definition) is 1. The fraction of sp³-hybridized carbons (Fsp3) is 0.857. The molecule has 2 amide bonds. The van der Waals surface area contributed by atoms with Crippen LogP contribution in [0.2, 0.25) is 0 Å². The minimum Gasteiger partial charge on any atom is -0.355 e. The number of piperazine rings is 1. The average Bonchev–Trinajstić information content (AvgIpc) is 2.37. The first-order valence-corrected chi connectivity index (χ1v) is 7.29. The minimum absolute atomic E-state index is 0.0714. The molecule has 1 heterocycles. The van der Waals surface area contributed by atoms with Crippen LogP contribution in [0.5, 0.6) is 0 Å². The van der Waals surface area contributed by atoms with Gasteiger partial charge in [0.2, 0.25) is 11.8 Å². The van der Waals surface area contributed by atoms with Crippen molar-refractivity contribution >= 4 is 11.8 Å². The normalized spacial score (nSPS) is 16.7. The van der Waals surface area contributed by atoms with Crippen LogP contribution in [0, 0.1) is 5.92 Å². The summed E-state index contributed by atoms with van der Waals surface area (Å²) >= 11 is 0. The molecule has 1 rings (SSSR count). The molecule has 1 N–H and O–H groups in total. The van der Waals surface area contributed by atoms with Crippen LogP contribution in [0.1, 0.15) is 33.6 Å². The van der Waals surface area contributed by atoms with Gasteiger partial charge in [0.25, 0.3) is 0 Å². The molecule has 0 spiro atoms. The molecule has 0 aromatic carbocycles. The lowest BCUT2D eigenvalue weighted by atomic mass is 10.1. The molecule has 0 aromatic rings. The molecular formula is C14H27N3O2. The van der Waals surface area contributed by atoms with Crippen molar-refractivity contribution in [3.8, 4) is 0 Å². The first-order chi connectivity index (χ1) is 9.02. The van der Waals surface area contributed by atoms with Crippen LogP contribution in [0.15, 0.2) is 0 Å². The average molecular weight is 269 g/mol. The molecule has 1 aliphatic heterocycles. The second-order valence-electron chi connectivity index (χ2n) is 5.54. The van der Waals surface area contributed by atoms with Gasteiger partial charge in [0.15, 0.2) is 0 Å². The van der Waals surface area contributed by atoms with Gasteiger partial charge in [-0.1, -0.05) is 13.8 Å². The number of amides is 2. The fourth-order valence-electron chi connectivity index (χ4n) is 2.18. The molecular weight excluding hydrogens is 242 g/mol. The second kappa shape index (κ2) is 8.15. The van der Waals surface area contributed by atoms with Crippen LogP contribution in [0.4, 0.5) is 0 Å². The van der Waals surface area contributed by atoms with E-state index >= 15 is 0 Å². The lowest BCUT2D eigenvalue weighted by Crippen LogP contribution is -2.51. The van der Waals surface area contributed by atoms with E-state index in [0.717, 1.165) is 32.6 Å². The summed E-state index contributed by atoms with van der Waals surface area (Å²) in [5.74, 6) is 0.899. The summed E-state index contributed by atoms with van der Waals surface area (Å²) in [6.45, 7) is 10.4. The third-order valence-corrected chi connectivity index (χ3v) is 3.40. The van der Waals surface area contributed by atoms with Gasteiger partial charge >= 0.3 is 0 Å². The van der Waals surface area contributed by atoms with Gasteiger partial charge in [-0.15, -0.1) is 0 Å². The molecule has 1 aliphatic rings. The molecule has 0 aliphatic carbocycles. The fourth-order valence-corrected chi connectivity index (χ4v) is 2.18. The highest BCUT2D eigenvalue weighted by molar-refractivity contribution is 5.78. The molecule has 0 saturated carbocycles. The van der Waals surface area contributed by atoms with Crippen molar-refractivity contribution in [2.45, 2.75) is 33.6 Å². The molecule has 0 aromatic heterocycles. The maximum absolute atomic E-state index is 12.0. The van der Waals surface area contributed by atoms with E-state index in [0.29, 0.717) is 25.4 Å². The Bertz CT molecular complexity index is 297. The minimum atomic E-state index is 0.0714. The van der Waals surface area contributed by atoms with Gasteiger partial charge in [-0.05, 0) is 19.3 Å². The van der Waals surface area contributed by atoms with Crippen molar-refractivity contribution in [2.75, 3.05) is 39.3 Å². The number of carbonyl (C=O) groups is 2. The Kier molecular flexibility index (Phi) is 6.84. The number of rotatable bonds is 6. The third kappa shape index (κ3) is 6.05. The van der Waals surface area contributed by atoms with Gasteiger partial charge in [0.05, 0.1) is 6.54 Å². The van der Waals surface area contributed by atoms with E-state index < -0.39 is 0 Å². The summed E-state index contributed by atoms with van der Waals surface area (Å²) in [6.07, 6.45) is 1.60. The number of nitrogens with zero attached hydrogens (tertiary/aromatic N) is 2. The molecule has 0 atom stereocenters. The van der Waals surface area contributed by atoms with E-state index in [2.05, 4.69) is 24.1 Å². The maximum Gasteiger partial charge on any atom is 0.234 e. The molecule has 0 bridgehead atoms. The van der Waals surface area contributed by atoms with Crippen molar-refractivity contribution in [1.29, 1.82) is 0 Å². The third-order valence-electron chi connectivity index (χ3n) is 3.40. The Balaban J connectivity index is 2.24. The van der Waals surface area contributed by atoms with Gasteiger partial charge < -0.3 is 10.2 Å². The molecule has 1 saturated heterocycles. The SMILES string of the molecule is CCNC(=O)CN1CCN(C(=O)CCC(C)C)CC1. The van der Waals surface area contributed by atoms with Crippen LogP contribution in [0.25, 0.3) is 0 Å². The van der Waals surface area contributed by atoms with Crippen molar-refractivity contribution in [1.82, 2.24) is 15.1 Å². The lowest BCUT2D eigenvalue weighted by Gasteiger charge is -2.34. The smallest absolute Gasteiger partial charge is 0.234 e. The summed E-state index contributed by atoms with van der Waals surface area (Å²) < 4.78 is 0. The van der Waals surface area contributed by atoms with E-state index in [1.165, 1.54) is 0 Å². The number of likely N-dealkylation sites (N-methyl/N-ethyl adjacent to an activating group) is 1. The molecule has 5 heteroatoms. The van der Waals surface area contributed by atoms with Crippen molar-refractivity contribution in [3.05, 3.63) is 0 Å². The topological polar surface area (TPSA) is 52.7 Å². The Hall–Kier alpha value is -1.10. The number of carbonyl (C=O) groups excluding carboxylic acids is 2. The molecule has 0 radical (unpaired) electrons. The molecule has 5 nitrogen and oxygen atoms in total. The largest absolute Gasteiger partial charge is 0.355 e. The maximum atomic E-state index is 12.0. The van der Waals surface area contributed by atoms with E-state index in [1.54, 1.807) is 0 Å². The first-order valence-electron chi connectivity index (χ1n) is 7.29. The highest BCUT2D eigenvalue weighted by atomic mass is 16.2. The summed E-state index contributed by atoms with van der Waals surface area (Å²) in [6, 6.07) is 0. The van der Waals surface area contributed by atoms with Crippen LogP contribution in [0.3, 0.4) is 0 Å². The molecule has 19 heavy (non-hydrogen) atoms. The Morgan fingerprint density at radius 3 is 2.32 bits per heavy atom. The molecule has 110 valence electrons. The first kappa shape index (κ1) is 16.0. The number of nitrogens with one attached hydrogen (secondary N) is 1. The predicted octanol–water partition coefficient (Wildman–Crippen LogP) is 0.703. The van der Waals surface area contributed by atoms with Gasteiger partial charge in [0, 0.05) is 39.1 Å². The summed E-state index contributed by atoms with van der Waals surface area (Å²) in [7, 11) is 0. The predicted molar refractivity (Wildman–Crippen MR) is 75.8 cm³/mol. The highest BCUT2D eigenvalue weighted by Gasteiger charge is 2.21. The standard InChI is InChI=1S/C14H27N3O2/c1-4-15-13(18)11-16-7-9-17(10-8-16)14(19)6-5-12(2)3/h12H,4-11H2,1-3H3,(H,15,18). The second-order valence-corrected chi connectivity index (χ2v) is 5.54. The van der Waals surface area contributed by atoms with E-state index in [1.807, 2.05) is 11.8 Å². The zero-order valence-corrected chi connectivity index (χ0v) is 12.4. The van der Waals surface area contributed by atoms with Crippen LogP contribution < -0.4 is 5.32 Å². The summed E-state index contributed by atoms with van der Waals surface area (Å²) in [4.78, 5) is 27.5. The van der Waals surface area contributed by atoms with Gasteiger partial charge in [0.1, 0.15) is 0 Å². The van der Waals surface area contributed by atoms with E-state index in [-0.39, 0.29) is 11.8 Å². The van der Waals surface area contributed by atoms with Crippen LogP contribution >= 0.6 is 0 Å². The van der Waals surface area contributed by atoms with Crippen molar-refractivity contribution in [2.24, 2.45) is 5.92 Å². The highest BCUT2D eigenvalue weighted by Crippen LogP contribution is 2.09. The van der Waals surface area contributed by atoms with Gasteiger partial charge in [-0.25, -0.2) is 0 Å². The zero-order valence-electron chi connectivity index (χ0n) is 12.4. The Morgan fingerprint density at radius 2 is 1.79 bits per heavy atom. The quantitative estimate of drug-likeness (QED) is 0.772. The Morgan fingerprint density at radius 1 is 1.16 bits per heavy atom. The zero-order chi connectivity index (χ0) is 14.3. The van der Waals surface area contributed by atoms with Crippen molar-refractivity contribution < 1.29 is 9.59 Å². The van der Waals surface area contributed by atoms with Crippen molar-refractivity contribution in [3.63, 3.8) is 0 Å².